The second-order valence-electron chi connectivity index (χ2n) is 4.49. The lowest BCUT2D eigenvalue weighted by molar-refractivity contribution is -0.129. The summed E-state index contributed by atoms with van der Waals surface area (Å²) in [5, 5.41) is 3.45. The zero-order valence-electron chi connectivity index (χ0n) is 10.3. The van der Waals surface area contributed by atoms with Crippen LogP contribution in [0.25, 0.3) is 0 Å². The summed E-state index contributed by atoms with van der Waals surface area (Å²) in [4.78, 5) is 23.5. The first-order valence-corrected chi connectivity index (χ1v) is 6.69. The van der Waals surface area contributed by atoms with Crippen LogP contribution in [0.3, 0.4) is 0 Å². The molecule has 102 valence electrons. The molecular weight excluding hydrogens is 289 g/mol. The predicted octanol–water partition coefficient (Wildman–Crippen LogP) is 2.82. The molecule has 4 nitrogen and oxygen atoms in total. The van der Waals surface area contributed by atoms with Crippen LogP contribution in [0.2, 0.25) is 10.0 Å². The summed E-state index contributed by atoms with van der Waals surface area (Å²) in [5.41, 5.74) is 0.226. The van der Waals surface area contributed by atoms with Crippen molar-refractivity contribution in [1.29, 1.82) is 0 Å². The minimum atomic E-state index is -0.842. The normalized spacial score (nSPS) is 15.7. The summed E-state index contributed by atoms with van der Waals surface area (Å²) in [5.74, 6) is -0.910. The Kier molecular flexibility index (Phi) is 4.32. The smallest absolute Gasteiger partial charge is 0.339 e. The Hall–Kier alpha value is -1.26. The summed E-state index contributed by atoms with van der Waals surface area (Å²) in [7, 11) is 0. The van der Waals surface area contributed by atoms with Crippen LogP contribution in [0.15, 0.2) is 18.2 Å². The van der Waals surface area contributed by atoms with Crippen molar-refractivity contribution in [2.24, 2.45) is 0 Å². The summed E-state index contributed by atoms with van der Waals surface area (Å²) >= 11 is 11.6. The van der Waals surface area contributed by atoms with Gasteiger partial charge in [0.1, 0.15) is 0 Å². The predicted molar refractivity (Wildman–Crippen MR) is 72.5 cm³/mol. The molecule has 0 saturated heterocycles. The highest BCUT2D eigenvalue weighted by Gasteiger charge is 2.27. The molecule has 1 amide bonds. The van der Waals surface area contributed by atoms with E-state index in [1.54, 1.807) is 0 Å². The third-order valence-corrected chi connectivity index (χ3v) is 3.11. The SMILES string of the molecule is C[C@@H](OC(=O)c1cc(Cl)cc(Cl)c1)C(=O)NC1CC1. The molecule has 0 radical (unpaired) electrons. The number of benzene rings is 1. The molecule has 0 unspecified atom stereocenters. The molecule has 0 bridgehead atoms. The second-order valence-corrected chi connectivity index (χ2v) is 5.36. The van der Waals surface area contributed by atoms with Gasteiger partial charge in [-0.1, -0.05) is 23.2 Å². The van der Waals surface area contributed by atoms with Gasteiger partial charge in [0.2, 0.25) is 0 Å². The Balaban J connectivity index is 1.97. The van der Waals surface area contributed by atoms with Gasteiger partial charge in [0.25, 0.3) is 5.91 Å². The number of esters is 1. The van der Waals surface area contributed by atoms with Crippen LogP contribution in [-0.4, -0.2) is 24.0 Å². The highest BCUT2D eigenvalue weighted by Crippen LogP contribution is 2.21. The zero-order chi connectivity index (χ0) is 14.0. The second kappa shape index (κ2) is 5.80. The van der Waals surface area contributed by atoms with Crippen molar-refractivity contribution in [1.82, 2.24) is 5.32 Å². The van der Waals surface area contributed by atoms with E-state index in [4.69, 9.17) is 27.9 Å². The fourth-order valence-electron chi connectivity index (χ4n) is 1.50. The number of halogens is 2. The minimum Gasteiger partial charge on any atom is -0.449 e. The van der Waals surface area contributed by atoms with E-state index in [0.29, 0.717) is 10.0 Å². The molecule has 1 aromatic carbocycles. The molecule has 0 heterocycles. The van der Waals surface area contributed by atoms with E-state index < -0.39 is 12.1 Å². The standard InChI is InChI=1S/C13H13Cl2NO3/c1-7(12(17)16-11-2-3-11)19-13(18)8-4-9(14)6-10(15)5-8/h4-7,11H,2-3H2,1H3,(H,16,17)/t7-/m1/s1. The Morgan fingerprint density at radius 3 is 2.37 bits per heavy atom. The average molecular weight is 302 g/mol. The maximum absolute atomic E-state index is 11.8. The molecule has 0 aliphatic heterocycles. The van der Waals surface area contributed by atoms with Crippen LogP contribution in [0.4, 0.5) is 0 Å². The Morgan fingerprint density at radius 1 is 1.26 bits per heavy atom. The fraction of sp³-hybridized carbons (Fsp3) is 0.385. The van der Waals surface area contributed by atoms with E-state index in [1.807, 2.05) is 0 Å². The van der Waals surface area contributed by atoms with Crippen LogP contribution in [0, 0.1) is 0 Å². The van der Waals surface area contributed by atoms with Gasteiger partial charge in [-0.05, 0) is 38.0 Å². The Bertz CT molecular complexity index is 494. The number of ether oxygens (including phenoxy) is 1. The van der Waals surface area contributed by atoms with Crippen molar-refractivity contribution in [2.75, 3.05) is 0 Å². The average Bonchev–Trinajstić information content (AvgIpc) is 3.11. The summed E-state index contributed by atoms with van der Waals surface area (Å²) in [6, 6.07) is 4.64. The van der Waals surface area contributed by atoms with Crippen LogP contribution in [0.1, 0.15) is 30.1 Å². The van der Waals surface area contributed by atoms with E-state index in [0.717, 1.165) is 12.8 Å². The Labute approximate surface area is 121 Å². The van der Waals surface area contributed by atoms with E-state index in [-0.39, 0.29) is 17.5 Å². The maximum atomic E-state index is 11.8. The number of nitrogens with one attached hydrogen (secondary N) is 1. The van der Waals surface area contributed by atoms with Crippen LogP contribution < -0.4 is 5.32 Å². The number of hydrogen-bond donors (Lipinski definition) is 1. The van der Waals surface area contributed by atoms with Crippen molar-refractivity contribution in [3.05, 3.63) is 33.8 Å². The third-order valence-electron chi connectivity index (χ3n) is 2.68. The van der Waals surface area contributed by atoms with Gasteiger partial charge in [0, 0.05) is 16.1 Å². The number of carbonyl (C=O) groups is 2. The molecule has 1 aromatic rings. The molecule has 1 atom stereocenters. The van der Waals surface area contributed by atoms with Crippen LogP contribution >= 0.6 is 23.2 Å². The summed E-state index contributed by atoms with van der Waals surface area (Å²) in [6.45, 7) is 1.53. The number of hydrogen-bond acceptors (Lipinski definition) is 3. The molecule has 1 fully saturated rings. The van der Waals surface area contributed by atoms with Crippen molar-refractivity contribution in [3.8, 4) is 0 Å². The molecule has 19 heavy (non-hydrogen) atoms. The first-order valence-electron chi connectivity index (χ1n) is 5.93. The van der Waals surface area contributed by atoms with Gasteiger partial charge in [-0.3, -0.25) is 4.79 Å². The van der Waals surface area contributed by atoms with Crippen molar-refractivity contribution >= 4 is 35.1 Å². The fourth-order valence-corrected chi connectivity index (χ4v) is 2.03. The first-order chi connectivity index (χ1) is 8.95. The quantitative estimate of drug-likeness (QED) is 0.870. The van der Waals surface area contributed by atoms with Gasteiger partial charge in [-0.25, -0.2) is 4.79 Å². The van der Waals surface area contributed by atoms with E-state index in [1.165, 1.54) is 25.1 Å². The van der Waals surface area contributed by atoms with Gasteiger partial charge in [0.05, 0.1) is 5.56 Å². The monoisotopic (exact) mass is 301 g/mol. The lowest BCUT2D eigenvalue weighted by Gasteiger charge is -2.13. The third kappa shape index (κ3) is 4.11. The minimum absolute atomic E-state index is 0.226. The van der Waals surface area contributed by atoms with Gasteiger partial charge < -0.3 is 10.1 Å². The summed E-state index contributed by atoms with van der Waals surface area (Å²) < 4.78 is 5.07. The molecule has 1 saturated carbocycles. The molecule has 6 heteroatoms. The van der Waals surface area contributed by atoms with Crippen molar-refractivity contribution < 1.29 is 14.3 Å². The molecule has 2 rings (SSSR count). The van der Waals surface area contributed by atoms with Gasteiger partial charge >= 0.3 is 5.97 Å². The zero-order valence-corrected chi connectivity index (χ0v) is 11.8. The van der Waals surface area contributed by atoms with E-state index in [9.17, 15) is 9.59 Å². The number of amides is 1. The molecule has 0 spiro atoms. The maximum Gasteiger partial charge on any atom is 0.339 e. The molecular formula is C13H13Cl2NO3. The van der Waals surface area contributed by atoms with Crippen molar-refractivity contribution in [2.45, 2.75) is 31.9 Å². The number of carbonyl (C=O) groups excluding carboxylic acids is 2. The van der Waals surface area contributed by atoms with Gasteiger partial charge in [-0.15, -0.1) is 0 Å². The van der Waals surface area contributed by atoms with Gasteiger partial charge in [0.15, 0.2) is 6.10 Å². The van der Waals surface area contributed by atoms with E-state index in [2.05, 4.69) is 5.32 Å². The highest BCUT2D eigenvalue weighted by molar-refractivity contribution is 6.35. The molecule has 0 aromatic heterocycles. The lowest BCUT2D eigenvalue weighted by Crippen LogP contribution is -2.37. The molecule has 1 N–H and O–H groups in total. The van der Waals surface area contributed by atoms with Crippen molar-refractivity contribution in [3.63, 3.8) is 0 Å². The van der Waals surface area contributed by atoms with Gasteiger partial charge in [-0.2, -0.15) is 0 Å². The largest absolute Gasteiger partial charge is 0.449 e. The molecule has 1 aliphatic rings. The Morgan fingerprint density at radius 2 is 1.84 bits per heavy atom. The number of rotatable bonds is 4. The highest BCUT2D eigenvalue weighted by atomic mass is 35.5. The first kappa shape index (κ1) is 14.2. The lowest BCUT2D eigenvalue weighted by atomic mass is 10.2. The van der Waals surface area contributed by atoms with Crippen LogP contribution in [0.5, 0.6) is 0 Å². The van der Waals surface area contributed by atoms with E-state index >= 15 is 0 Å². The van der Waals surface area contributed by atoms with Crippen LogP contribution in [-0.2, 0) is 9.53 Å². The summed E-state index contributed by atoms with van der Waals surface area (Å²) in [6.07, 6.45) is 1.12. The molecule has 1 aliphatic carbocycles. The topological polar surface area (TPSA) is 55.4 Å².